The molecule has 0 amide bonds. The van der Waals surface area contributed by atoms with E-state index in [1.54, 1.807) is 0 Å². The summed E-state index contributed by atoms with van der Waals surface area (Å²) in [5.41, 5.74) is 0.220. The minimum atomic E-state index is -3.80. The van der Waals surface area contributed by atoms with Gasteiger partial charge < -0.3 is 10.1 Å². The number of hydrogen-bond donors (Lipinski definition) is 1. The third kappa shape index (κ3) is 3.52. The van der Waals surface area contributed by atoms with Crippen molar-refractivity contribution in [2.24, 2.45) is 0 Å². The Balaban J connectivity index is 1.97. The number of nitrogens with zero attached hydrogens (tertiary/aromatic N) is 2. The Hall–Kier alpha value is -1.71. The van der Waals surface area contributed by atoms with Crippen LogP contribution < -0.4 is 5.32 Å². The Morgan fingerprint density at radius 2 is 1.88 bits per heavy atom. The van der Waals surface area contributed by atoms with Crippen molar-refractivity contribution in [3.63, 3.8) is 0 Å². The van der Waals surface area contributed by atoms with Gasteiger partial charge in [-0.25, -0.2) is 8.42 Å². The fourth-order valence-electron chi connectivity index (χ4n) is 3.17. The van der Waals surface area contributed by atoms with E-state index >= 15 is 0 Å². The van der Waals surface area contributed by atoms with E-state index in [0.717, 1.165) is 31.7 Å². The molecule has 1 N–H and O–H groups in total. The van der Waals surface area contributed by atoms with Gasteiger partial charge in [0.25, 0.3) is 5.69 Å². The zero-order valence-electron chi connectivity index (χ0n) is 13.3. The fraction of sp³-hybridized carbons (Fsp3) is 0.600. The van der Waals surface area contributed by atoms with Crippen LogP contribution in [-0.4, -0.2) is 50.0 Å². The monoisotopic (exact) mass is 355 g/mol. The maximum atomic E-state index is 13.0. The fourth-order valence-corrected chi connectivity index (χ4v) is 4.76. The molecule has 2 aliphatic rings. The third-order valence-corrected chi connectivity index (χ3v) is 6.42. The lowest BCUT2D eigenvalue weighted by Gasteiger charge is -2.27. The van der Waals surface area contributed by atoms with Crippen molar-refractivity contribution in [1.82, 2.24) is 4.31 Å². The average Bonchev–Trinajstić information content (AvgIpc) is 3.08. The summed E-state index contributed by atoms with van der Waals surface area (Å²) in [6.07, 6.45) is 4.18. The topological polar surface area (TPSA) is 102 Å². The van der Waals surface area contributed by atoms with E-state index in [0.29, 0.717) is 18.9 Å². The van der Waals surface area contributed by atoms with Crippen LogP contribution >= 0.6 is 0 Å². The minimum absolute atomic E-state index is 0.0227. The van der Waals surface area contributed by atoms with Crippen LogP contribution in [0, 0.1) is 10.1 Å². The molecule has 0 spiro atoms. The number of non-ortho nitro benzene ring substituents is 1. The Labute approximate surface area is 141 Å². The standard InChI is InChI=1S/C15H21N3O5S/c19-18(20)13-5-6-14(16-12-3-1-2-4-12)15(11-13)24(21,22)17-7-9-23-10-8-17/h5-6,11-12,16H,1-4,7-10H2. The minimum Gasteiger partial charge on any atom is -0.381 e. The van der Waals surface area contributed by atoms with Crippen LogP contribution in [0.5, 0.6) is 0 Å². The summed E-state index contributed by atoms with van der Waals surface area (Å²) < 4.78 is 32.5. The van der Waals surface area contributed by atoms with Crippen molar-refractivity contribution in [2.75, 3.05) is 31.6 Å². The van der Waals surface area contributed by atoms with E-state index in [1.165, 1.54) is 16.4 Å². The molecule has 132 valence electrons. The van der Waals surface area contributed by atoms with E-state index in [4.69, 9.17) is 4.74 Å². The predicted molar refractivity (Wildman–Crippen MR) is 88.6 cm³/mol. The number of rotatable bonds is 5. The molecule has 0 unspecified atom stereocenters. The lowest BCUT2D eigenvalue weighted by atomic mass is 10.2. The zero-order valence-corrected chi connectivity index (χ0v) is 14.1. The van der Waals surface area contributed by atoms with E-state index < -0.39 is 14.9 Å². The normalized spacial score (nSPS) is 20.2. The van der Waals surface area contributed by atoms with Crippen LogP contribution in [0.2, 0.25) is 0 Å². The van der Waals surface area contributed by atoms with Gasteiger partial charge in [-0.05, 0) is 18.9 Å². The van der Waals surface area contributed by atoms with E-state index in [-0.39, 0.29) is 29.7 Å². The maximum Gasteiger partial charge on any atom is 0.270 e. The second-order valence-electron chi connectivity index (χ2n) is 6.08. The molecule has 1 saturated heterocycles. The summed E-state index contributed by atoms with van der Waals surface area (Å²) >= 11 is 0. The van der Waals surface area contributed by atoms with E-state index in [1.807, 2.05) is 0 Å². The van der Waals surface area contributed by atoms with Gasteiger partial charge in [0.15, 0.2) is 0 Å². The van der Waals surface area contributed by atoms with Crippen molar-refractivity contribution in [3.8, 4) is 0 Å². The molecule has 8 nitrogen and oxygen atoms in total. The maximum absolute atomic E-state index is 13.0. The first-order chi connectivity index (χ1) is 11.5. The van der Waals surface area contributed by atoms with Gasteiger partial charge in [0, 0.05) is 31.3 Å². The number of nitro groups is 1. The van der Waals surface area contributed by atoms with Gasteiger partial charge in [-0.3, -0.25) is 10.1 Å². The van der Waals surface area contributed by atoms with Crippen molar-refractivity contribution < 1.29 is 18.1 Å². The van der Waals surface area contributed by atoms with E-state index in [2.05, 4.69) is 5.32 Å². The summed E-state index contributed by atoms with van der Waals surface area (Å²) in [7, 11) is -3.80. The molecule has 1 aromatic carbocycles. The lowest BCUT2D eigenvalue weighted by molar-refractivity contribution is -0.385. The van der Waals surface area contributed by atoms with Gasteiger partial charge in [0.05, 0.1) is 23.8 Å². The van der Waals surface area contributed by atoms with Crippen molar-refractivity contribution in [3.05, 3.63) is 28.3 Å². The van der Waals surface area contributed by atoms with Crippen LogP contribution in [0.1, 0.15) is 25.7 Å². The van der Waals surface area contributed by atoms with Crippen LogP contribution in [0.25, 0.3) is 0 Å². The number of nitrogens with one attached hydrogen (secondary N) is 1. The molecular formula is C15H21N3O5S. The first-order valence-corrected chi connectivity index (χ1v) is 9.55. The molecule has 9 heteroatoms. The quantitative estimate of drug-likeness (QED) is 0.640. The third-order valence-electron chi connectivity index (χ3n) is 4.48. The molecule has 0 radical (unpaired) electrons. The molecule has 1 aliphatic heterocycles. The summed E-state index contributed by atoms with van der Waals surface area (Å²) in [6.45, 7) is 1.18. The smallest absolute Gasteiger partial charge is 0.270 e. The summed E-state index contributed by atoms with van der Waals surface area (Å²) in [6, 6.07) is 4.21. The number of hydrogen-bond acceptors (Lipinski definition) is 6. The number of ether oxygens (including phenoxy) is 1. The summed E-state index contributed by atoms with van der Waals surface area (Å²) in [5.74, 6) is 0. The molecule has 0 aromatic heterocycles. The number of morpholine rings is 1. The SMILES string of the molecule is O=[N+]([O-])c1ccc(NC2CCCC2)c(S(=O)(=O)N2CCOCC2)c1. The Kier molecular flexibility index (Phi) is 5.02. The molecule has 24 heavy (non-hydrogen) atoms. The molecule has 0 bridgehead atoms. The van der Waals surface area contributed by atoms with Crippen molar-refractivity contribution in [1.29, 1.82) is 0 Å². The van der Waals surface area contributed by atoms with Gasteiger partial charge in [-0.2, -0.15) is 4.31 Å². The van der Waals surface area contributed by atoms with Crippen LogP contribution in [-0.2, 0) is 14.8 Å². The van der Waals surface area contributed by atoms with Gasteiger partial charge in [-0.15, -0.1) is 0 Å². The van der Waals surface area contributed by atoms with Crippen molar-refractivity contribution in [2.45, 2.75) is 36.6 Å². The van der Waals surface area contributed by atoms with Gasteiger partial charge in [-0.1, -0.05) is 12.8 Å². The molecule has 1 aliphatic carbocycles. The van der Waals surface area contributed by atoms with Crippen LogP contribution in [0.4, 0.5) is 11.4 Å². The second-order valence-corrected chi connectivity index (χ2v) is 7.99. The van der Waals surface area contributed by atoms with Gasteiger partial charge in [0.2, 0.25) is 10.0 Å². The Bertz CT molecular complexity index is 710. The molecule has 1 aromatic rings. The molecule has 2 fully saturated rings. The number of anilines is 1. The molecule has 1 saturated carbocycles. The first kappa shape index (κ1) is 17.1. The van der Waals surface area contributed by atoms with Gasteiger partial charge in [0.1, 0.15) is 4.90 Å². The van der Waals surface area contributed by atoms with Gasteiger partial charge >= 0.3 is 0 Å². The highest BCUT2D eigenvalue weighted by Crippen LogP contribution is 2.32. The Morgan fingerprint density at radius 3 is 2.50 bits per heavy atom. The van der Waals surface area contributed by atoms with Crippen LogP contribution in [0.3, 0.4) is 0 Å². The van der Waals surface area contributed by atoms with Crippen LogP contribution in [0.15, 0.2) is 23.1 Å². The summed E-state index contributed by atoms with van der Waals surface area (Å²) in [4.78, 5) is 10.5. The highest BCUT2D eigenvalue weighted by molar-refractivity contribution is 7.89. The number of nitro benzene ring substituents is 1. The zero-order chi connectivity index (χ0) is 17.2. The van der Waals surface area contributed by atoms with E-state index in [9.17, 15) is 18.5 Å². The highest BCUT2D eigenvalue weighted by Gasteiger charge is 2.31. The molecular weight excluding hydrogens is 334 g/mol. The molecule has 3 rings (SSSR count). The highest BCUT2D eigenvalue weighted by atomic mass is 32.2. The predicted octanol–water partition coefficient (Wildman–Crippen LogP) is 1.97. The summed E-state index contributed by atoms with van der Waals surface area (Å²) in [5, 5.41) is 14.3. The largest absolute Gasteiger partial charge is 0.381 e. The number of sulfonamides is 1. The number of benzene rings is 1. The average molecular weight is 355 g/mol. The first-order valence-electron chi connectivity index (χ1n) is 8.11. The molecule has 0 atom stereocenters. The molecule has 1 heterocycles. The van der Waals surface area contributed by atoms with Crippen molar-refractivity contribution >= 4 is 21.4 Å². The Morgan fingerprint density at radius 1 is 1.21 bits per heavy atom. The lowest BCUT2D eigenvalue weighted by Crippen LogP contribution is -2.41. The second kappa shape index (κ2) is 7.04.